The first-order chi connectivity index (χ1) is 26.6. The molecule has 1 aliphatic heterocycles. The van der Waals surface area contributed by atoms with Crippen molar-refractivity contribution in [3.8, 4) is 11.1 Å². The van der Waals surface area contributed by atoms with E-state index < -0.39 is 34.5 Å². The molecule has 1 amide bonds. The van der Waals surface area contributed by atoms with Crippen molar-refractivity contribution in [2.75, 3.05) is 19.7 Å². The molecule has 0 bridgehead atoms. The Balaban J connectivity index is 1.24. The average molecular weight is 776 g/mol. The number of hydrogen-bond donors (Lipinski definition) is 1. The van der Waals surface area contributed by atoms with Gasteiger partial charge in [-0.3, -0.25) is 19.3 Å². The molecule has 3 heterocycles. The van der Waals surface area contributed by atoms with E-state index in [4.69, 9.17) is 4.74 Å². The third-order valence-corrected chi connectivity index (χ3v) is 10.4. The number of carbonyl (C=O) groups excluding carboxylic acids is 2. The molecule has 9 nitrogen and oxygen atoms in total. The molecular formula is C42H42F5N5O4. The van der Waals surface area contributed by atoms with Crippen LogP contribution in [-0.4, -0.2) is 67.9 Å². The van der Waals surface area contributed by atoms with Gasteiger partial charge in [-0.2, -0.15) is 13.2 Å². The number of aryl methyl sites for hydroxylation is 2. The third kappa shape index (κ3) is 8.96. The Hall–Kier alpha value is -5.50. The highest BCUT2D eigenvalue weighted by Gasteiger charge is 2.39. The van der Waals surface area contributed by atoms with Crippen LogP contribution in [0.15, 0.2) is 83.8 Å². The minimum Gasteiger partial charge on any atom is -0.465 e. The number of benzene rings is 3. The summed E-state index contributed by atoms with van der Waals surface area (Å²) in [7, 11) is 0. The second kappa shape index (κ2) is 16.7. The first-order valence-electron chi connectivity index (χ1n) is 18.4. The number of hydrogen-bond acceptors (Lipinski definition) is 7. The summed E-state index contributed by atoms with van der Waals surface area (Å²) in [4.78, 5) is 55.9. The quantitative estimate of drug-likeness (QED) is 0.104. The van der Waals surface area contributed by atoms with Gasteiger partial charge in [0.1, 0.15) is 11.4 Å². The van der Waals surface area contributed by atoms with Crippen LogP contribution in [0.1, 0.15) is 61.7 Å². The summed E-state index contributed by atoms with van der Waals surface area (Å²) in [6, 6.07) is 17.5. The van der Waals surface area contributed by atoms with Gasteiger partial charge < -0.3 is 14.6 Å². The van der Waals surface area contributed by atoms with E-state index >= 15 is 0 Å². The maximum absolute atomic E-state index is 14.4. The van der Waals surface area contributed by atoms with Crippen LogP contribution < -0.4 is 5.56 Å². The zero-order valence-electron chi connectivity index (χ0n) is 31.3. The Kier molecular flexibility index (Phi) is 12.0. The van der Waals surface area contributed by atoms with Gasteiger partial charge in [-0.1, -0.05) is 48.5 Å². The minimum atomic E-state index is -4.44. The number of alkyl halides is 3. The molecule has 1 fully saturated rings. The molecule has 6 rings (SSSR count). The van der Waals surface area contributed by atoms with Crippen molar-refractivity contribution in [2.45, 2.75) is 77.2 Å². The van der Waals surface area contributed by atoms with Crippen LogP contribution in [0.2, 0.25) is 0 Å². The van der Waals surface area contributed by atoms with Gasteiger partial charge in [0.25, 0.3) is 5.56 Å². The van der Waals surface area contributed by atoms with Crippen LogP contribution >= 0.6 is 0 Å². The van der Waals surface area contributed by atoms with Gasteiger partial charge in [0.15, 0.2) is 17.3 Å². The summed E-state index contributed by atoms with van der Waals surface area (Å²) in [6.07, 6.45) is -1.78. The molecule has 14 heteroatoms. The molecule has 5 aromatic rings. The zero-order chi connectivity index (χ0) is 40.2. The number of nitrogens with one attached hydrogen (secondary N) is 1. The van der Waals surface area contributed by atoms with Crippen molar-refractivity contribution in [3.63, 3.8) is 0 Å². The van der Waals surface area contributed by atoms with E-state index in [2.05, 4.69) is 15.0 Å². The van der Waals surface area contributed by atoms with E-state index in [-0.39, 0.29) is 72.8 Å². The molecule has 1 aliphatic rings. The summed E-state index contributed by atoms with van der Waals surface area (Å²) in [5, 5.41) is 0.147. The SMILES string of the molecule is CCOC(=O)C(C)(C)N1CCC(N(Cc2ccc(-c3ccc(C(F)(F)F)cc3)cc2)C(=O)Cc2ccnc3nc(CCc4cccc(F)c4F)[nH]c(=O)c23)CC1. The molecule has 0 atom stereocenters. The van der Waals surface area contributed by atoms with Gasteiger partial charge in [-0.25, -0.2) is 18.7 Å². The molecule has 0 saturated carbocycles. The number of pyridine rings is 1. The summed E-state index contributed by atoms with van der Waals surface area (Å²) < 4.78 is 72.6. The lowest BCUT2D eigenvalue weighted by Gasteiger charge is -2.44. The number of amides is 1. The van der Waals surface area contributed by atoms with Gasteiger partial charge in [0.2, 0.25) is 5.91 Å². The first kappa shape index (κ1) is 40.2. The van der Waals surface area contributed by atoms with Crippen molar-refractivity contribution in [1.29, 1.82) is 0 Å². The number of aromatic amines is 1. The number of piperidine rings is 1. The van der Waals surface area contributed by atoms with E-state index in [1.54, 1.807) is 30.0 Å². The second-order valence-corrected chi connectivity index (χ2v) is 14.4. The number of fused-ring (bicyclic) bond motifs is 1. The van der Waals surface area contributed by atoms with E-state index in [0.717, 1.165) is 23.8 Å². The number of H-pyrrole nitrogens is 1. The minimum absolute atomic E-state index is 0.0896. The molecule has 0 radical (unpaired) electrons. The topological polar surface area (TPSA) is 108 Å². The standard InChI is InChI=1S/C42H42F5N5O4/c1-4-56-40(55)41(2,3)51-22-19-32(20-23-51)52(25-26-8-10-27(11-9-26)28-12-15-31(16-13-28)42(45,46)47)35(53)24-30-18-21-48-38-36(30)39(54)50-34(49-38)17-14-29-6-5-7-33(43)37(29)44/h5-13,15-16,18,21,32H,4,14,17,19-20,22-25H2,1-3H3,(H,48,49,50,54). The van der Waals surface area contributed by atoms with Gasteiger partial charge in [0.05, 0.1) is 24.0 Å². The largest absolute Gasteiger partial charge is 0.465 e. The Bertz CT molecular complexity index is 2250. The van der Waals surface area contributed by atoms with Crippen molar-refractivity contribution in [3.05, 3.63) is 129 Å². The Morgan fingerprint density at radius 2 is 1.57 bits per heavy atom. The monoisotopic (exact) mass is 775 g/mol. The smallest absolute Gasteiger partial charge is 0.416 e. The number of ether oxygens (including phenoxy) is 1. The fourth-order valence-electron chi connectivity index (χ4n) is 7.14. The van der Waals surface area contributed by atoms with Crippen LogP contribution in [0.3, 0.4) is 0 Å². The Morgan fingerprint density at radius 3 is 2.21 bits per heavy atom. The lowest BCUT2D eigenvalue weighted by molar-refractivity contribution is -0.157. The lowest BCUT2D eigenvalue weighted by atomic mass is 9.94. The third-order valence-electron chi connectivity index (χ3n) is 10.4. The average Bonchev–Trinajstić information content (AvgIpc) is 3.17. The molecule has 0 unspecified atom stereocenters. The predicted molar refractivity (Wildman–Crippen MR) is 200 cm³/mol. The summed E-state index contributed by atoms with van der Waals surface area (Å²) in [6.45, 7) is 6.92. The van der Waals surface area contributed by atoms with E-state index in [9.17, 15) is 36.3 Å². The second-order valence-electron chi connectivity index (χ2n) is 14.4. The number of halogens is 5. The van der Waals surface area contributed by atoms with Crippen molar-refractivity contribution < 1.29 is 36.3 Å². The maximum atomic E-state index is 14.4. The van der Waals surface area contributed by atoms with Crippen LogP contribution in [0.4, 0.5) is 22.0 Å². The highest BCUT2D eigenvalue weighted by Crippen LogP contribution is 2.32. The van der Waals surface area contributed by atoms with Gasteiger partial charge in [-0.15, -0.1) is 0 Å². The summed E-state index contributed by atoms with van der Waals surface area (Å²) >= 11 is 0. The molecule has 1 N–H and O–H groups in total. The van der Waals surface area contributed by atoms with E-state index in [1.807, 2.05) is 30.9 Å². The molecular weight excluding hydrogens is 733 g/mol. The maximum Gasteiger partial charge on any atom is 0.416 e. The van der Waals surface area contributed by atoms with E-state index in [1.165, 1.54) is 30.5 Å². The predicted octanol–water partition coefficient (Wildman–Crippen LogP) is 7.44. The van der Waals surface area contributed by atoms with Crippen molar-refractivity contribution >= 4 is 22.9 Å². The molecule has 56 heavy (non-hydrogen) atoms. The Morgan fingerprint density at radius 1 is 0.911 bits per heavy atom. The van der Waals surface area contributed by atoms with Gasteiger partial charge in [-0.05, 0) is 92.1 Å². The summed E-state index contributed by atoms with van der Waals surface area (Å²) in [5.41, 5.74) is 0.687. The van der Waals surface area contributed by atoms with Crippen molar-refractivity contribution in [1.82, 2.24) is 24.8 Å². The highest BCUT2D eigenvalue weighted by atomic mass is 19.4. The fraction of sp³-hybridized carbons (Fsp3) is 0.357. The first-order valence-corrected chi connectivity index (χ1v) is 18.4. The van der Waals surface area contributed by atoms with Crippen molar-refractivity contribution in [2.24, 2.45) is 0 Å². The van der Waals surface area contributed by atoms with Crippen LogP contribution in [-0.2, 0) is 46.3 Å². The highest BCUT2D eigenvalue weighted by molar-refractivity contribution is 5.86. The number of nitrogens with zero attached hydrogens (tertiary/aromatic N) is 4. The molecule has 0 aliphatic carbocycles. The number of rotatable bonds is 12. The molecule has 1 saturated heterocycles. The fourth-order valence-corrected chi connectivity index (χ4v) is 7.14. The van der Waals surface area contributed by atoms with Crippen LogP contribution in [0.25, 0.3) is 22.2 Å². The molecule has 2 aromatic heterocycles. The molecule has 3 aromatic carbocycles. The number of aromatic nitrogens is 3. The summed E-state index contributed by atoms with van der Waals surface area (Å²) in [5.74, 6) is -2.26. The molecule has 0 spiro atoms. The zero-order valence-corrected chi connectivity index (χ0v) is 31.3. The number of esters is 1. The van der Waals surface area contributed by atoms with Gasteiger partial charge >= 0.3 is 12.1 Å². The van der Waals surface area contributed by atoms with E-state index in [0.29, 0.717) is 42.6 Å². The van der Waals surface area contributed by atoms with Gasteiger partial charge in [0, 0.05) is 38.3 Å². The number of carbonyl (C=O) groups is 2. The van der Waals surface area contributed by atoms with Crippen LogP contribution in [0, 0.1) is 11.6 Å². The normalized spacial score (nSPS) is 14.2. The lowest BCUT2D eigenvalue weighted by Crippen LogP contribution is -2.56. The Labute approximate surface area is 320 Å². The van der Waals surface area contributed by atoms with Crippen LogP contribution in [0.5, 0.6) is 0 Å². The molecule has 294 valence electrons. The number of likely N-dealkylation sites (tertiary alicyclic amines) is 1.